The summed E-state index contributed by atoms with van der Waals surface area (Å²) >= 11 is 0. The molecule has 0 saturated carbocycles. The van der Waals surface area contributed by atoms with Gasteiger partial charge in [0.05, 0.1) is 29.0 Å². The molecule has 7 heteroatoms. The third-order valence-electron chi connectivity index (χ3n) is 6.03. The molecule has 6 rings (SSSR count). The number of hydrogen-bond donors (Lipinski definition) is 2. The first kappa shape index (κ1) is 21.4. The molecule has 36 heavy (non-hydrogen) atoms. The van der Waals surface area contributed by atoms with Gasteiger partial charge in [0, 0.05) is 40.1 Å². The van der Waals surface area contributed by atoms with Gasteiger partial charge in [-0.15, -0.1) is 10.2 Å². The topological polar surface area (TPSA) is 116 Å². The molecule has 4 heterocycles. The highest BCUT2D eigenvalue weighted by atomic mass is 15.1. The Bertz CT molecular complexity index is 1770. The lowest BCUT2D eigenvalue weighted by Crippen LogP contribution is -1.88. The van der Waals surface area contributed by atoms with Crippen molar-refractivity contribution in [3.63, 3.8) is 0 Å². The molecule has 2 aromatic carbocycles. The average molecular weight is 468 g/mol. The number of nitrogen functional groups attached to an aromatic ring is 2. The van der Waals surface area contributed by atoms with E-state index in [0.29, 0.717) is 17.1 Å². The highest BCUT2D eigenvalue weighted by Crippen LogP contribution is 2.26. The summed E-state index contributed by atoms with van der Waals surface area (Å²) in [5, 5.41) is 12.8. The van der Waals surface area contributed by atoms with Crippen LogP contribution in [0, 0.1) is 0 Å². The zero-order valence-corrected chi connectivity index (χ0v) is 19.2. The molecule has 0 bridgehead atoms. The van der Waals surface area contributed by atoms with E-state index in [0.717, 1.165) is 49.9 Å². The molecule has 0 saturated heterocycles. The molecule has 4 aromatic rings. The van der Waals surface area contributed by atoms with Crippen LogP contribution in [0.3, 0.4) is 0 Å². The highest BCUT2D eigenvalue weighted by Gasteiger charge is 2.11. The largest absolute Gasteiger partial charge is 0.399 e. The Labute approximate surface area is 207 Å². The number of nitrogens with two attached hydrogens (primary N) is 2. The molecule has 7 nitrogen and oxygen atoms in total. The molecular weight excluding hydrogens is 446 g/mol. The van der Waals surface area contributed by atoms with Gasteiger partial charge in [-0.05, 0) is 83.6 Å². The molecule has 0 aliphatic carbocycles. The highest BCUT2D eigenvalue weighted by molar-refractivity contribution is 5.94. The van der Waals surface area contributed by atoms with Gasteiger partial charge in [0.2, 0.25) is 0 Å². The molecule has 0 unspecified atom stereocenters. The summed E-state index contributed by atoms with van der Waals surface area (Å²) < 4.78 is 0. The van der Waals surface area contributed by atoms with E-state index in [1.54, 1.807) is 18.6 Å². The van der Waals surface area contributed by atoms with E-state index in [2.05, 4.69) is 25.1 Å². The van der Waals surface area contributed by atoms with E-state index in [1.165, 1.54) is 0 Å². The number of rotatable bonds is 4. The van der Waals surface area contributed by atoms with Crippen LogP contribution in [0.15, 0.2) is 79.3 Å². The van der Waals surface area contributed by atoms with Gasteiger partial charge in [-0.2, -0.15) is 0 Å². The predicted molar refractivity (Wildman–Crippen MR) is 147 cm³/mol. The standard InChI is InChI=1S/C29H21N7/c30-20-3-1-18-11-13-32-26(24(18)15-20)8-6-22-5-7-23-28(35-36-29(23)17-34-22)10-9-27-25-16-21(31)4-2-19(25)12-14-33-27/h1-17H,30-31H2/b8-6+,10-9+. The lowest BCUT2D eigenvalue weighted by atomic mass is 10.1. The van der Waals surface area contributed by atoms with Crippen LogP contribution in [0.4, 0.5) is 11.4 Å². The maximum atomic E-state index is 5.99. The molecule has 2 aromatic heterocycles. The van der Waals surface area contributed by atoms with E-state index in [9.17, 15) is 0 Å². The first-order valence-electron chi connectivity index (χ1n) is 11.4. The second-order valence-electron chi connectivity index (χ2n) is 8.42. The normalized spacial score (nSPS) is 11.9. The van der Waals surface area contributed by atoms with Gasteiger partial charge in [0.15, 0.2) is 0 Å². The number of nitrogens with zero attached hydrogens (tertiary/aromatic N) is 5. The van der Waals surface area contributed by atoms with Gasteiger partial charge in [-0.1, -0.05) is 12.1 Å². The van der Waals surface area contributed by atoms with Crippen molar-refractivity contribution >= 4 is 57.2 Å². The van der Waals surface area contributed by atoms with Crippen molar-refractivity contribution in [2.75, 3.05) is 11.5 Å². The van der Waals surface area contributed by atoms with Crippen molar-refractivity contribution in [1.82, 2.24) is 25.1 Å². The fourth-order valence-electron chi connectivity index (χ4n) is 4.19. The number of pyridine rings is 2. The first-order chi connectivity index (χ1) is 17.6. The van der Waals surface area contributed by atoms with E-state index in [-0.39, 0.29) is 0 Å². The second-order valence-corrected chi connectivity index (χ2v) is 8.42. The van der Waals surface area contributed by atoms with Crippen LogP contribution < -0.4 is 11.5 Å². The molecular formula is C29H21N7. The molecule has 0 amide bonds. The molecule has 0 radical (unpaired) electrons. The van der Waals surface area contributed by atoms with Gasteiger partial charge >= 0.3 is 0 Å². The zero-order chi connectivity index (χ0) is 24.5. The van der Waals surface area contributed by atoms with Gasteiger partial charge in [-0.25, -0.2) is 0 Å². The van der Waals surface area contributed by atoms with Crippen molar-refractivity contribution in [3.05, 3.63) is 102 Å². The number of anilines is 2. The van der Waals surface area contributed by atoms with Crippen molar-refractivity contribution in [3.8, 4) is 11.3 Å². The zero-order valence-electron chi connectivity index (χ0n) is 19.2. The Morgan fingerprint density at radius 3 is 1.83 bits per heavy atom. The fourth-order valence-corrected chi connectivity index (χ4v) is 4.19. The molecule has 4 N–H and O–H groups in total. The SMILES string of the molecule is Nc1ccc2ccnc(/C=C/c3ccc4c(/C=C/c5nccc6ccc(N)cc56)nnc-4cn3)c2c1. The quantitative estimate of drug-likeness (QED) is 0.325. The maximum absolute atomic E-state index is 5.99. The van der Waals surface area contributed by atoms with Crippen molar-refractivity contribution in [2.45, 2.75) is 0 Å². The second kappa shape index (κ2) is 8.88. The summed E-state index contributed by atoms with van der Waals surface area (Å²) in [5.41, 5.74) is 18.1. The van der Waals surface area contributed by atoms with Gasteiger partial charge < -0.3 is 11.5 Å². The summed E-state index contributed by atoms with van der Waals surface area (Å²) in [6.07, 6.45) is 13.0. The number of benzene rings is 2. The van der Waals surface area contributed by atoms with Gasteiger partial charge in [-0.3, -0.25) is 15.0 Å². The lowest BCUT2D eigenvalue weighted by Gasteiger charge is -2.02. The van der Waals surface area contributed by atoms with E-state index in [1.807, 2.05) is 85.0 Å². The molecule has 0 fully saturated rings. The van der Waals surface area contributed by atoms with Gasteiger partial charge in [0.1, 0.15) is 5.69 Å². The van der Waals surface area contributed by atoms with Crippen LogP contribution in [-0.4, -0.2) is 25.1 Å². The smallest absolute Gasteiger partial charge is 0.113 e. The van der Waals surface area contributed by atoms with Crippen LogP contribution >= 0.6 is 0 Å². The first-order valence-corrected chi connectivity index (χ1v) is 11.4. The van der Waals surface area contributed by atoms with Gasteiger partial charge in [0.25, 0.3) is 0 Å². The fraction of sp³-hybridized carbons (Fsp3) is 0. The third-order valence-corrected chi connectivity index (χ3v) is 6.03. The monoisotopic (exact) mass is 467 g/mol. The van der Waals surface area contributed by atoms with E-state index >= 15 is 0 Å². The minimum atomic E-state index is 0.699. The minimum Gasteiger partial charge on any atom is -0.399 e. The summed E-state index contributed by atoms with van der Waals surface area (Å²) in [7, 11) is 0. The van der Waals surface area contributed by atoms with Crippen LogP contribution in [0.25, 0.3) is 57.1 Å². The summed E-state index contributed by atoms with van der Waals surface area (Å²) in [6.45, 7) is 0. The molecule has 2 aliphatic rings. The Balaban J connectivity index is 1.32. The molecule has 0 spiro atoms. The Morgan fingerprint density at radius 2 is 1.17 bits per heavy atom. The van der Waals surface area contributed by atoms with Crippen molar-refractivity contribution in [1.29, 1.82) is 0 Å². The lowest BCUT2D eigenvalue weighted by molar-refractivity contribution is 1.08. The Morgan fingerprint density at radius 1 is 0.556 bits per heavy atom. The number of hydrogen-bond acceptors (Lipinski definition) is 7. The van der Waals surface area contributed by atoms with Crippen LogP contribution in [0.1, 0.15) is 22.8 Å². The van der Waals surface area contributed by atoms with E-state index in [4.69, 9.17) is 11.5 Å². The number of aromatic nitrogens is 5. The predicted octanol–water partition coefficient (Wildman–Crippen LogP) is 5.58. The maximum Gasteiger partial charge on any atom is 0.113 e. The average Bonchev–Trinajstić information content (AvgIpc) is 3.16. The minimum absolute atomic E-state index is 0.699. The van der Waals surface area contributed by atoms with Crippen molar-refractivity contribution < 1.29 is 0 Å². The van der Waals surface area contributed by atoms with Crippen molar-refractivity contribution in [2.24, 2.45) is 0 Å². The Kier molecular flexibility index (Phi) is 5.27. The summed E-state index contributed by atoms with van der Waals surface area (Å²) in [4.78, 5) is 13.6. The van der Waals surface area contributed by atoms with E-state index < -0.39 is 0 Å². The number of fused-ring (bicyclic) bond motifs is 3. The summed E-state index contributed by atoms with van der Waals surface area (Å²) in [5.74, 6) is 0. The third kappa shape index (κ3) is 4.10. The Hall–Kier alpha value is -5.17. The summed E-state index contributed by atoms with van der Waals surface area (Å²) in [6, 6.07) is 19.5. The molecule has 172 valence electrons. The van der Waals surface area contributed by atoms with Crippen LogP contribution in [0.5, 0.6) is 0 Å². The molecule has 0 atom stereocenters. The molecule has 2 aliphatic heterocycles. The van der Waals surface area contributed by atoms with Crippen LogP contribution in [0.2, 0.25) is 0 Å². The van der Waals surface area contributed by atoms with Crippen LogP contribution in [-0.2, 0) is 0 Å².